The zero-order chi connectivity index (χ0) is 10.8. The topological polar surface area (TPSA) is 37.3 Å². The number of aliphatic carboxylic acids is 1. The van der Waals surface area contributed by atoms with Crippen molar-refractivity contribution < 1.29 is 14.3 Å². The maximum atomic E-state index is 13.5. The van der Waals surface area contributed by atoms with E-state index < -0.39 is 11.6 Å². The highest BCUT2D eigenvalue weighted by molar-refractivity contribution is 5.70. The van der Waals surface area contributed by atoms with Gasteiger partial charge in [-0.25, -0.2) is 4.39 Å². The van der Waals surface area contributed by atoms with E-state index in [1.807, 2.05) is 0 Å². The third-order valence-corrected chi connectivity index (χ3v) is 1.97. The van der Waals surface area contributed by atoms with Crippen molar-refractivity contribution in [2.75, 3.05) is 0 Å². The van der Waals surface area contributed by atoms with Crippen molar-refractivity contribution in [1.29, 1.82) is 0 Å². The van der Waals surface area contributed by atoms with Gasteiger partial charge in [-0.2, -0.15) is 0 Å². The van der Waals surface area contributed by atoms with Gasteiger partial charge in [0.2, 0.25) is 0 Å². The van der Waals surface area contributed by atoms with E-state index in [9.17, 15) is 9.18 Å². The Morgan fingerprint density at radius 3 is 2.64 bits per heavy atom. The zero-order valence-electron chi connectivity index (χ0n) is 8.25. The fourth-order valence-corrected chi connectivity index (χ4v) is 1.23. The van der Waals surface area contributed by atoms with Crippen molar-refractivity contribution in [2.45, 2.75) is 25.9 Å². The molecule has 1 N–H and O–H groups in total. The van der Waals surface area contributed by atoms with Crippen LogP contribution in [-0.2, 0) is 16.9 Å². The molecule has 0 unspecified atom stereocenters. The average molecular weight is 196 g/mol. The van der Waals surface area contributed by atoms with Crippen molar-refractivity contribution >= 4 is 5.97 Å². The SMILES string of the molecule is CC(C)(F)c1cccc(CC(=O)O)c1. The molecule has 0 aromatic heterocycles. The van der Waals surface area contributed by atoms with E-state index in [1.54, 1.807) is 24.3 Å². The maximum Gasteiger partial charge on any atom is 0.307 e. The van der Waals surface area contributed by atoms with Gasteiger partial charge in [-0.05, 0) is 25.0 Å². The molecular formula is C11H13FO2. The van der Waals surface area contributed by atoms with Gasteiger partial charge < -0.3 is 5.11 Å². The number of alkyl halides is 1. The third-order valence-electron chi connectivity index (χ3n) is 1.97. The lowest BCUT2D eigenvalue weighted by molar-refractivity contribution is -0.136. The molecule has 0 aliphatic carbocycles. The quantitative estimate of drug-likeness (QED) is 0.806. The lowest BCUT2D eigenvalue weighted by Crippen LogP contribution is -2.10. The Morgan fingerprint density at radius 2 is 2.14 bits per heavy atom. The Hall–Kier alpha value is -1.38. The predicted molar refractivity (Wildman–Crippen MR) is 51.9 cm³/mol. The van der Waals surface area contributed by atoms with Crippen molar-refractivity contribution in [1.82, 2.24) is 0 Å². The number of halogens is 1. The molecule has 0 aliphatic rings. The highest BCUT2D eigenvalue weighted by atomic mass is 19.1. The highest BCUT2D eigenvalue weighted by Gasteiger charge is 2.18. The fraction of sp³-hybridized carbons (Fsp3) is 0.364. The van der Waals surface area contributed by atoms with Gasteiger partial charge >= 0.3 is 5.97 Å². The molecule has 76 valence electrons. The number of hydrogen-bond donors (Lipinski definition) is 1. The lowest BCUT2D eigenvalue weighted by Gasteiger charge is -2.15. The van der Waals surface area contributed by atoms with Crippen molar-refractivity contribution in [3.05, 3.63) is 35.4 Å². The molecule has 0 bridgehead atoms. The normalized spacial score (nSPS) is 11.4. The molecule has 14 heavy (non-hydrogen) atoms. The Morgan fingerprint density at radius 1 is 1.50 bits per heavy atom. The van der Waals surface area contributed by atoms with E-state index in [0.717, 1.165) is 0 Å². The fourth-order valence-electron chi connectivity index (χ4n) is 1.23. The van der Waals surface area contributed by atoms with Crippen LogP contribution in [0.1, 0.15) is 25.0 Å². The van der Waals surface area contributed by atoms with E-state index >= 15 is 0 Å². The van der Waals surface area contributed by atoms with Crippen LogP contribution in [0, 0.1) is 0 Å². The number of carboxylic acids is 1. The summed E-state index contributed by atoms with van der Waals surface area (Å²) in [6.45, 7) is 2.90. The summed E-state index contributed by atoms with van der Waals surface area (Å²) >= 11 is 0. The Bertz CT molecular complexity index is 339. The van der Waals surface area contributed by atoms with E-state index in [1.165, 1.54) is 13.8 Å². The van der Waals surface area contributed by atoms with Gasteiger partial charge in [0, 0.05) is 0 Å². The van der Waals surface area contributed by atoms with Gasteiger partial charge in [-0.15, -0.1) is 0 Å². The largest absolute Gasteiger partial charge is 0.481 e. The first-order chi connectivity index (χ1) is 6.39. The molecule has 0 spiro atoms. The smallest absolute Gasteiger partial charge is 0.307 e. The third kappa shape index (κ3) is 2.83. The second kappa shape index (κ2) is 3.78. The first-order valence-electron chi connectivity index (χ1n) is 4.40. The first kappa shape index (κ1) is 10.7. The second-order valence-electron chi connectivity index (χ2n) is 3.74. The lowest BCUT2D eigenvalue weighted by atomic mass is 9.97. The molecule has 0 saturated heterocycles. The van der Waals surface area contributed by atoms with Gasteiger partial charge in [0.05, 0.1) is 6.42 Å². The van der Waals surface area contributed by atoms with Gasteiger partial charge in [-0.1, -0.05) is 24.3 Å². The molecular weight excluding hydrogens is 183 g/mol. The van der Waals surface area contributed by atoms with Crippen LogP contribution in [0.2, 0.25) is 0 Å². The number of rotatable bonds is 3. The summed E-state index contributed by atoms with van der Waals surface area (Å²) in [5, 5.41) is 8.57. The summed E-state index contributed by atoms with van der Waals surface area (Å²) in [5.41, 5.74) is -0.286. The summed E-state index contributed by atoms with van der Waals surface area (Å²) < 4.78 is 13.5. The number of carboxylic acid groups (broad SMARTS) is 1. The molecule has 0 fully saturated rings. The highest BCUT2D eigenvalue weighted by Crippen LogP contribution is 2.25. The van der Waals surface area contributed by atoms with Gasteiger partial charge in [0.1, 0.15) is 5.67 Å². The maximum absolute atomic E-state index is 13.5. The van der Waals surface area contributed by atoms with Gasteiger partial charge in [-0.3, -0.25) is 4.79 Å². The number of carbonyl (C=O) groups is 1. The molecule has 0 aliphatic heterocycles. The standard InChI is InChI=1S/C11H13FO2/c1-11(2,12)9-5-3-4-8(6-9)7-10(13)14/h3-6H,7H2,1-2H3,(H,13,14). The van der Waals surface area contributed by atoms with Crippen molar-refractivity contribution in [3.63, 3.8) is 0 Å². The molecule has 0 radical (unpaired) electrons. The second-order valence-corrected chi connectivity index (χ2v) is 3.74. The molecule has 1 aromatic rings. The summed E-state index contributed by atoms with van der Waals surface area (Å²) in [7, 11) is 0. The Labute approximate surface area is 82.4 Å². The van der Waals surface area contributed by atoms with E-state index in [-0.39, 0.29) is 6.42 Å². The minimum absolute atomic E-state index is 0.0656. The summed E-state index contributed by atoms with van der Waals surface area (Å²) in [6, 6.07) is 6.61. The molecule has 0 atom stereocenters. The van der Waals surface area contributed by atoms with Crippen LogP contribution in [0.5, 0.6) is 0 Å². The first-order valence-corrected chi connectivity index (χ1v) is 4.40. The molecule has 1 aromatic carbocycles. The van der Waals surface area contributed by atoms with Crippen LogP contribution in [0.3, 0.4) is 0 Å². The Kier molecular flexibility index (Phi) is 2.89. The van der Waals surface area contributed by atoms with Crippen molar-refractivity contribution in [2.24, 2.45) is 0 Å². The van der Waals surface area contributed by atoms with E-state index in [0.29, 0.717) is 11.1 Å². The minimum atomic E-state index is -1.42. The number of benzene rings is 1. The van der Waals surface area contributed by atoms with Crippen molar-refractivity contribution in [3.8, 4) is 0 Å². The van der Waals surface area contributed by atoms with Crippen LogP contribution in [-0.4, -0.2) is 11.1 Å². The summed E-state index contributed by atoms with van der Waals surface area (Å²) in [5.74, 6) is -0.904. The Balaban J connectivity index is 2.95. The zero-order valence-corrected chi connectivity index (χ0v) is 8.25. The molecule has 0 heterocycles. The van der Waals surface area contributed by atoms with Crippen LogP contribution in [0.15, 0.2) is 24.3 Å². The van der Waals surface area contributed by atoms with Crippen LogP contribution >= 0.6 is 0 Å². The minimum Gasteiger partial charge on any atom is -0.481 e. The van der Waals surface area contributed by atoms with E-state index in [2.05, 4.69) is 0 Å². The van der Waals surface area contributed by atoms with Crippen LogP contribution < -0.4 is 0 Å². The summed E-state index contributed by atoms with van der Waals surface area (Å²) in [4.78, 5) is 10.4. The molecule has 0 amide bonds. The summed E-state index contributed by atoms with van der Waals surface area (Å²) in [6.07, 6.45) is -0.0656. The monoisotopic (exact) mass is 196 g/mol. The van der Waals surface area contributed by atoms with Gasteiger partial charge in [0.15, 0.2) is 0 Å². The number of hydrogen-bond acceptors (Lipinski definition) is 1. The van der Waals surface area contributed by atoms with E-state index in [4.69, 9.17) is 5.11 Å². The van der Waals surface area contributed by atoms with Crippen LogP contribution in [0.25, 0.3) is 0 Å². The predicted octanol–water partition coefficient (Wildman–Crippen LogP) is 2.52. The molecule has 2 nitrogen and oxygen atoms in total. The molecule has 0 saturated carbocycles. The molecule has 1 rings (SSSR count). The van der Waals surface area contributed by atoms with Gasteiger partial charge in [0.25, 0.3) is 0 Å². The van der Waals surface area contributed by atoms with Crippen LogP contribution in [0.4, 0.5) is 4.39 Å². The molecule has 3 heteroatoms. The average Bonchev–Trinajstić information content (AvgIpc) is 2.01.